The predicted molar refractivity (Wildman–Crippen MR) is 132 cm³/mol. The lowest BCUT2D eigenvalue weighted by atomic mass is 10.1. The first kappa shape index (κ1) is 25.3. The number of para-hydroxylation sites is 1. The molecule has 35 heavy (non-hydrogen) atoms. The molecule has 2 N–H and O–H groups in total. The minimum atomic E-state index is -0.590. The summed E-state index contributed by atoms with van der Waals surface area (Å²) in [4.78, 5) is 37.3. The number of benzene rings is 3. The van der Waals surface area contributed by atoms with Gasteiger partial charge in [-0.25, -0.2) is 0 Å². The van der Waals surface area contributed by atoms with E-state index in [4.69, 9.17) is 14.2 Å². The Morgan fingerprint density at radius 2 is 1.63 bits per heavy atom. The van der Waals surface area contributed by atoms with Gasteiger partial charge in [0.05, 0.1) is 31.9 Å². The smallest absolute Gasteiger partial charge is 0.310 e. The van der Waals surface area contributed by atoms with Gasteiger partial charge in [0.2, 0.25) is 0 Å². The van der Waals surface area contributed by atoms with Crippen LogP contribution < -0.4 is 20.1 Å². The first-order valence-electron chi connectivity index (χ1n) is 11.0. The van der Waals surface area contributed by atoms with Crippen molar-refractivity contribution in [2.45, 2.75) is 19.9 Å². The van der Waals surface area contributed by atoms with E-state index in [0.717, 1.165) is 11.1 Å². The molecule has 0 unspecified atom stereocenters. The van der Waals surface area contributed by atoms with Crippen LogP contribution in [0.3, 0.4) is 0 Å². The molecular weight excluding hydrogens is 448 g/mol. The number of carbonyl (C=O) groups excluding carboxylic acids is 3. The van der Waals surface area contributed by atoms with Gasteiger partial charge in [0.15, 0.2) is 6.61 Å². The number of methoxy groups -OCH3 is 2. The molecule has 0 fully saturated rings. The number of rotatable bonds is 10. The molecule has 3 aromatic carbocycles. The molecule has 0 saturated heterocycles. The summed E-state index contributed by atoms with van der Waals surface area (Å²) in [6, 6.07) is 19.5. The standard InChI is InChI=1S/C27H28N2O6/c1-18-8-10-19(11-9-18)16-28-27(32)22-6-4-5-7-23(22)29-25(30)17-35-26(31)14-20-12-13-21(33-2)15-24(20)34-3/h4-13,15H,14,16-17H2,1-3H3,(H,28,32)(H,29,30). The summed E-state index contributed by atoms with van der Waals surface area (Å²) in [6.45, 7) is 1.86. The number of ether oxygens (including phenoxy) is 3. The predicted octanol–water partition coefficient (Wildman–Crippen LogP) is 3.67. The van der Waals surface area contributed by atoms with Gasteiger partial charge in [-0.05, 0) is 30.7 Å². The van der Waals surface area contributed by atoms with Crippen LogP contribution in [0.5, 0.6) is 11.5 Å². The van der Waals surface area contributed by atoms with E-state index < -0.39 is 18.5 Å². The maximum atomic E-state index is 12.7. The zero-order valence-corrected chi connectivity index (χ0v) is 19.9. The van der Waals surface area contributed by atoms with E-state index in [2.05, 4.69) is 10.6 Å². The third-order valence-electron chi connectivity index (χ3n) is 5.21. The second-order valence-electron chi connectivity index (χ2n) is 7.78. The van der Waals surface area contributed by atoms with Gasteiger partial charge in [0.1, 0.15) is 11.5 Å². The Kier molecular flexibility index (Phi) is 8.83. The second-order valence-corrected chi connectivity index (χ2v) is 7.78. The Labute approximate surface area is 204 Å². The van der Waals surface area contributed by atoms with E-state index in [9.17, 15) is 14.4 Å². The second kappa shape index (κ2) is 12.2. The number of aryl methyl sites for hydroxylation is 1. The van der Waals surface area contributed by atoms with Crippen LogP contribution in [-0.2, 0) is 27.3 Å². The highest BCUT2D eigenvalue weighted by molar-refractivity contribution is 6.04. The quantitative estimate of drug-likeness (QED) is 0.433. The van der Waals surface area contributed by atoms with E-state index in [1.54, 1.807) is 42.5 Å². The first-order valence-corrected chi connectivity index (χ1v) is 11.0. The zero-order valence-electron chi connectivity index (χ0n) is 19.9. The molecule has 0 aromatic heterocycles. The highest BCUT2D eigenvalue weighted by Gasteiger charge is 2.16. The Bertz CT molecular complexity index is 1190. The molecule has 0 bridgehead atoms. The molecule has 0 spiro atoms. The Hall–Kier alpha value is -4.33. The van der Waals surface area contributed by atoms with Gasteiger partial charge in [0.25, 0.3) is 11.8 Å². The molecule has 0 saturated carbocycles. The average molecular weight is 477 g/mol. The van der Waals surface area contributed by atoms with Crippen molar-refractivity contribution >= 4 is 23.5 Å². The highest BCUT2D eigenvalue weighted by Crippen LogP contribution is 2.25. The molecule has 0 aliphatic rings. The number of hydrogen-bond donors (Lipinski definition) is 2. The molecular formula is C27H28N2O6. The normalized spacial score (nSPS) is 10.3. The van der Waals surface area contributed by atoms with E-state index in [1.807, 2.05) is 31.2 Å². The van der Waals surface area contributed by atoms with Crippen molar-refractivity contribution in [2.24, 2.45) is 0 Å². The Balaban J connectivity index is 1.54. The maximum absolute atomic E-state index is 12.7. The topological polar surface area (TPSA) is 103 Å². The number of anilines is 1. The third-order valence-corrected chi connectivity index (χ3v) is 5.21. The van der Waals surface area contributed by atoms with Crippen molar-refractivity contribution in [3.8, 4) is 11.5 Å². The molecule has 8 heteroatoms. The van der Waals surface area contributed by atoms with Crippen LogP contribution in [0.4, 0.5) is 5.69 Å². The number of amides is 2. The Morgan fingerprint density at radius 3 is 2.34 bits per heavy atom. The molecule has 182 valence electrons. The van der Waals surface area contributed by atoms with Crippen LogP contribution in [0.25, 0.3) is 0 Å². The fourth-order valence-corrected chi connectivity index (χ4v) is 3.31. The van der Waals surface area contributed by atoms with E-state index in [-0.39, 0.29) is 12.3 Å². The lowest BCUT2D eigenvalue weighted by molar-refractivity contribution is -0.146. The molecule has 0 atom stereocenters. The summed E-state index contributed by atoms with van der Waals surface area (Å²) in [5.41, 5.74) is 3.34. The highest BCUT2D eigenvalue weighted by atomic mass is 16.5. The summed E-state index contributed by atoms with van der Waals surface area (Å²) >= 11 is 0. The van der Waals surface area contributed by atoms with Crippen molar-refractivity contribution in [3.63, 3.8) is 0 Å². The molecule has 0 heterocycles. The van der Waals surface area contributed by atoms with Crippen LogP contribution in [0.1, 0.15) is 27.0 Å². The minimum absolute atomic E-state index is 0.0710. The largest absolute Gasteiger partial charge is 0.497 e. The van der Waals surface area contributed by atoms with Crippen molar-refractivity contribution in [1.82, 2.24) is 5.32 Å². The SMILES string of the molecule is COc1ccc(CC(=O)OCC(=O)Nc2ccccc2C(=O)NCc2ccc(C)cc2)c(OC)c1. The Morgan fingerprint density at radius 1 is 0.886 bits per heavy atom. The molecule has 0 aliphatic heterocycles. The van der Waals surface area contributed by atoms with Gasteiger partial charge < -0.3 is 24.8 Å². The van der Waals surface area contributed by atoms with Gasteiger partial charge in [-0.1, -0.05) is 48.0 Å². The van der Waals surface area contributed by atoms with Gasteiger partial charge in [-0.15, -0.1) is 0 Å². The maximum Gasteiger partial charge on any atom is 0.310 e. The average Bonchev–Trinajstić information content (AvgIpc) is 2.87. The summed E-state index contributed by atoms with van der Waals surface area (Å²) in [7, 11) is 3.03. The molecule has 0 aliphatic carbocycles. The van der Waals surface area contributed by atoms with Crippen LogP contribution >= 0.6 is 0 Å². The van der Waals surface area contributed by atoms with Crippen LogP contribution in [0, 0.1) is 6.92 Å². The number of carbonyl (C=O) groups is 3. The number of hydrogen-bond acceptors (Lipinski definition) is 6. The monoisotopic (exact) mass is 476 g/mol. The van der Waals surface area contributed by atoms with Crippen molar-refractivity contribution in [1.29, 1.82) is 0 Å². The van der Waals surface area contributed by atoms with Gasteiger partial charge in [0, 0.05) is 18.2 Å². The van der Waals surface area contributed by atoms with Crippen molar-refractivity contribution in [2.75, 3.05) is 26.1 Å². The molecule has 8 nitrogen and oxygen atoms in total. The van der Waals surface area contributed by atoms with E-state index in [0.29, 0.717) is 34.9 Å². The molecule has 2 amide bonds. The van der Waals surface area contributed by atoms with Gasteiger partial charge >= 0.3 is 5.97 Å². The van der Waals surface area contributed by atoms with Crippen LogP contribution in [-0.4, -0.2) is 38.6 Å². The van der Waals surface area contributed by atoms with Gasteiger partial charge in [-0.2, -0.15) is 0 Å². The third kappa shape index (κ3) is 7.33. The summed E-state index contributed by atoms with van der Waals surface area (Å²) in [5, 5.41) is 5.48. The fourth-order valence-electron chi connectivity index (χ4n) is 3.31. The lowest BCUT2D eigenvalue weighted by Gasteiger charge is -2.12. The fraction of sp³-hybridized carbons (Fsp3) is 0.222. The summed E-state index contributed by atoms with van der Waals surface area (Å²) < 4.78 is 15.5. The summed E-state index contributed by atoms with van der Waals surface area (Å²) in [5.74, 6) is -0.395. The van der Waals surface area contributed by atoms with Crippen LogP contribution in [0.15, 0.2) is 66.7 Å². The van der Waals surface area contributed by atoms with Crippen molar-refractivity contribution < 1.29 is 28.6 Å². The molecule has 3 aromatic rings. The number of nitrogens with one attached hydrogen (secondary N) is 2. The van der Waals surface area contributed by atoms with Crippen molar-refractivity contribution in [3.05, 3.63) is 89.0 Å². The van der Waals surface area contributed by atoms with Gasteiger partial charge in [-0.3, -0.25) is 14.4 Å². The van der Waals surface area contributed by atoms with Crippen LogP contribution in [0.2, 0.25) is 0 Å². The molecule has 3 rings (SSSR count). The lowest BCUT2D eigenvalue weighted by Crippen LogP contribution is -2.26. The first-order chi connectivity index (χ1) is 16.9. The summed E-state index contributed by atoms with van der Waals surface area (Å²) in [6.07, 6.45) is -0.0710. The number of esters is 1. The molecule has 0 radical (unpaired) electrons. The van der Waals surface area contributed by atoms with E-state index >= 15 is 0 Å². The minimum Gasteiger partial charge on any atom is -0.497 e. The van der Waals surface area contributed by atoms with E-state index in [1.165, 1.54) is 14.2 Å². The zero-order chi connectivity index (χ0) is 25.2.